The molecule has 33 heavy (non-hydrogen) atoms. The van der Waals surface area contributed by atoms with Crippen molar-refractivity contribution in [3.05, 3.63) is 46.6 Å². The predicted molar refractivity (Wildman–Crippen MR) is 96.9 cm³/mol. The number of nitriles is 1. The Morgan fingerprint density at radius 3 is 2.27 bits per heavy atom. The lowest BCUT2D eigenvalue weighted by atomic mass is 9.82. The minimum absolute atomic E-state index is 0.318. The lowest BCUT2D eigenvalue weighted by molar-refractivity contribution is -0.143. The summed E-state index contributed by atoms with van der Waals surface area (Å²) in [5.41, 5.74) is -12.1. The average Bonchev–Trinajstić information content (AvgIpc) is 3.01. The van der Waals surface area contributed by atoms with E-state index in [-0.39, 0.29) is 0 Å². The second-order valence-electron chi connectivity index (χ2n) is 6.71. The average molecular weight is 523 g/mol. The van der Waals surface area contributed by atoms with Crippen LogP contribution in [0.4, 0.5) is 45.3 Å². The first kappa shape index (κ1) is 25.1. The molecule has 0 amide bonds. The Labute approximate surface area is 186 Å². The van der Waals surface area contributed by atoms with E-state index in [1.165, 1.54) is 6.07 Å². The molecule has 0 saturated carbocycles. The Hall–Kier alpha value is -2.57. The van der Waals surface area contributed by atoms with Crippen molar-refractivity contribution >= 4 is 28.6 Å². The van der Waals surface area contributed by atoms with Gasteiger partial charge in [-0.1, -0.05) is 17.7 Å². The van der Waals surface area contributed by atoms with Gasteiger partial charge in [0, 0.05) is 5.56 Å². The van der Waals surface area contributed by atoms with Crippen LogP contribution in [0, 0.1) is 11.3 Å². The molecular weight excluding hydrogens is 515 g/mol. The molecule has 16 heteroatoms. The molecule has 1 aliphatic rings. The minimum atomic E-state index is -5.44. The van der Waals surface area contributed by atoms with Gasteiger partial charge in [-0.15, -0.1) is 24.8 Å². The van der Waals surface area contributed by atoms with Crippen molar-refractivity contribution in [3.63, 3.8) is 0 Å². The fraction of sp³-hybridized carbons (Fsp3) is 0.294. The van der Waals surface area contributed by atoms with Crippen molar-refractivity contribution in [2.45, 2.75) is 34.7 Å². The van der Waals surface area contributed by atoms with Crippen LogP contribution in [0.1, 0.15) is 23.2 Å². The molecule has 178 valence electrons. The predicted octanol–water partition coefficient (Wildman–Crippen LogP) is 5.80. The molecule has 2 atom stereocenters. The van der Waals surface area contributed by atoms with Crippen molar-refractivity contribution in [1.29, 1.82) is 5.26 Å². The summed E-state index contributed by atoms with van der Waals surface area (Å²) in [6.45, 7) is 3.20. The molecule has 0 saturated heterocycles. The van der Waals surface area contributed by atoms with E-state index in [1.807, 2.05) is 5.32 Å². The summed E-state index contributed by atoms with van der Waals surface area (Å²) in [6.07, 6.45) is -11.5. The van der Waals surface area contributed by atoms with Gasteiger partial charge in [0.05, 0.1) is 28.2 Å². The van der Waals surface area contributed by atoms with Gasteiger partial charge in [-0.2, -0.15) is 31.6 Å². The zero-order valence-electron chi connectivity index (χ0n) is 15.6. The van der Waals surface area contributed by atoms with E-state index >= 15 is 0 Å². The summed E-state index contributed by atoms with van der Waals surface area (Å²) in [7, 11) is 0. The molecule has 0 spiro atoms. The summed E-state index contributed by atoms with van der Waals surface area (Å²) in [4.78, 5) is -1.31. The maximum absolute atomic E-state index is 13.4. The van der Waals surface area contributed by atoms with E-state index in [9.17, 15) is 49.3 Å². The summed E-state index contributed by atoms with van der Waals surface area (Å²) in [6, 6.07) is 1.91. The van der Waals surface area contributed by atoms with E-state index in [0.29, 0.717) is 22.9 Å². The van der Waals surface area contributed by atoms with E-state index in [4.69, 9.17) is 11.6 Å². The lowest BCUT2D eigenvalue weighted by Gasteiger charge is -2.39. The van der Waals surface area contributed by atoms with E-state index < -0.39 is 79.2 Å². The van der Waals surface area contributed by atoms with Crippen LogP contribution in [-0.4, -0.2) is 26.0 Å². The third-order valence-corrected chi connectivity index (χ3v) is 6.06. The van der Waals surface area contributed by atoms with Gasteiger partial charge in [0.25, 0.3) is 0 Å². The first-order valence-corrected chi connectivity index (χ1v) is 9.90. The van der Waals surface area contributed by atoms with Crippen LogP contribution in [0.15, 0.2) is 29.7 Å². The van der Waals surface area contributed by atoms with Crippen molar-refractivity contribution in [3.8, 4) is 11.8 Å². The highest BCUT2D eigenvalue weighted by molar-refractivity contribution is 7.92. The molecule has 1 aliphatic heterocycles. The molecule has 0 radical (unpaired) electrons. The van der Waals surface area contributed by atoms with Crippen molar-refractivity contribution in [1.82, 2.24) is 9.78 Å². The molecule has 0 fully saturated rings. The van der Waals surface area contributed by atoms with E-state index in [2.05, 4.69) is 11.7 Å². The second-order valence-corrected chi connectivity index (χ2v) is 8.52. The van der Waals surface area contributed by atoms with Crippen LogP contribution < -0.4 is 5.32 Å². The molecule has 3 rings (SSSR count). The van der Waals surface area contributed by atoms with Gasteiger partial charge >= 0.3 is 17.9 Å². The Morgan fingerprint density at radius 1 is 1.21 bits per heavy atom. The molecule has 2 aromatic rings. The van der Waals surface area contributed by atoms with Gasteiger partial charge in [-0.3, -0.25) is 0 Å². The van der Waals surface area contributed by atoms with Crippen molar-refractivity contribution in [2.75, 3.05) is 5.32 Å². The molecule has 1 aromatic heterocycles. The number of hydrogen-bond acceptors (Lipinski definition) is 4. The Balaban J connectivity index is 2.46. The summed E-state index contributed by atoms with van der Waals surface area (Å²) < 4.78 is 132. The number of nitrogens with zero attached hydrogens (tertiary/aromatic N) is 3. The number of aromatic nitrogens is 2. The SMILES string of the molecule is C=CC1(CC(F)(F)F)Nc2c([S+]([O-])C(F)(F)F)c(C#N)nn2-c2c(Cl)cc(C(F)(F)F)cc21. The van der Waals surface area contributed by atoms with Crippen molar-refractivity contribution < 1.29 is 44.1 Å². The zero-order valence-corrected chi connectivity index (χ0v) is 17.2. The maximum atomic E-state index is 13.4. The summed E-state index contributed by atoms with van der Waals surface area (Å²) in [5.74, 6) is -0.958. The quantitative estimate of drug-likeness (QED) is 0.314. The fourth-order valence-corrected chi connectivity index (χ4v) is 4.43. The summed E-state index contributed by atoms with van der Waals surface area (Å²) >= 11 is 1.99. The number of halogens is 10. The van der Waals surface area contributed by atoms with Crippen LogP contribution in [0.5, 0.6) is 0 Å². The largest absolute Gasteiger partial charge is 0.604 e. The highest BCUT2D eigenvalue weighted by Crippen LogP contribution is 2.51. The molecule has 1 aromatic carbocycles. The zero-order chi connectivity index (χ0) is 25.1. The molecule has 1 N–H and O–H groups in total. The van der Waals surface area contributed by atoms with Crippen LogP contribution in [-0.2, 0) is 22.9 Å². The first-order chi connectivity index (χ1) is 14.9. The maximum Gasteiger partial charge on any atom is 0.578 e. The second kappa shape index (κ2) is 7.74. The number of alkyl halides is 9. The van der Waals surface area contributed by atoms with Gasteiger partial charge in [0.2, 0.25) is 10.6 Å². The highest BCUT2D eigenvalue weighted by atomic mass is 35.5. The Morgan fingerprint density at radius 2 is 1.82 bits per heavy atom. The van der Waals surface area contributed by atoms with Crippen LogP contribution in [0.2, 0.25) is 5.02 Å². The molecule has 5 nitrogen and oxygen atoms in total. The number of anilines is 1. The van der Waals surface area contributed by atoms with Crippen LogP contribution >= 0.6 is 11.6 Å². The third-order valence-electron chi connectivity index (χ3n) is 4.60. The normalized spacial score (nSPS) is 19.2. The molecule has 0 aliphatic carbocycles. The number of rotatable bonds is 3. The lowest BCUT2D eigenvalue weighted by Crippen LogP contribution is -2.43. The number of fused-ring (bicyclic) bond motifs is 3. The van der Waals surface area contributed by atoms with Gasteiger partial charge in [-0.25, -0.2) is 4.68 Å². The number of nitrogens with one attached hydrogen (secondary N) is 1. The Kier molecular flexibility index (Phi) is 5.88. The van der Waals surface area contributed by atoms with Crippen LogP contribution in [0.3, 0.4) is 0 Å². The van der Waals surface area contributed by atoms with E-state index in [0.717, 1.165) is 0 Å². The number of benzene rings is 1. The summed E-state index contributed by atoms with van der Waals surface area (Å²) in [5, 5.41) is 13.9. The van der Waals surface area contributed by atoms with Gasteiger partial charge in [0.15, 0.2) is 5.82 Å². The molecule has 0 bridgehead atoms. The highest BCUT2D eigenvalue weighted by Gasteiger charge is 2.54. The Bertz CT molecular complexity index is 1170. The van der Waals surface area contributed by atoms with Crippen molar-refractivity contribution in [2.24, 2.45) is 0 Å². The minimum Gasteiger partial charge on any atom is -0.604 e. The molecule has 2 unspecified atom stereocenters. The smallest absolute Gasteiger partial charge is 0.578 e. The molecular formula is C17H8ClF9N4OS. The molecule has 2 heterocycles. The van der Waals surface area contributed by atoms with Gasteiger partial charge in [-0.05, 0) is 12.1 Å². The van der Waals surface area contributed by atoms with Gasteiger partial charge < -0.3 is 9.87 Å². The van der Waals surface area contributed by atoms with Gasteiger partial charge in [0.1, 0.15) is 17.2 Å². The first-order valence-electron chi connectivity index (χ1n) is 8.37. The standard InChI is InChI=1S/C17H8ClF9N4OS/c1-2-14(6-15(19,20)21)8-3-7(16(22,23)24)4-9(18)11(8)31-13(29-14)12(10(5-28)30-31)33(32)17(25,26)27/h2-4,29H,1,6H2. The monoisotopic (exact) mass is 522 g/mol. The van der Waals surface area contributed by atoms with Crippen LogP contribution in [0.25, 0.3) is 5.69 Å². The van der Waals surface area contributed by atoms with E-state index in [1.54, 1.807) is 0 Å². The fourth-order valence-electron chi connectivity index (χ4n) is 3.33. The number of hydrogen-bond donors (Lipinski definition) is 1. The third kappa shape index (κ3) is 4.34. The topological polar surface area (TPSA) is 76.7 Å².